The van der Waals surface area contributed by atoms with Gasteiger partial charge in [-0.25, -0.2) is 9.69 Å². The number of non-ortho nitro benzene ring substituents is 1. The van der Waals surface area contributed by atoms with Gasteiger partial charge in [0.05, 0.1) is 24.8 Å². The van der Waals surface area contributed by atoms with Crippen LogP contribution in [0.2, 0.25) is 0 Å². The number of methoxy groups -OCH3 is 2. The van der Waals surface area contributed by atoms with E-state index in [1.165, 1.54) is 44.6 Å². The van der Waals surface area contributed by atoms with Gasteiger partial charge in [-0.1, -0.05) is 6.08 Å². The largest absolute Gasteiger partial charge is 0.497 e. The molecule has 0 aliphatic carbocycles. The Morgan fingerprint density at radius 2 is 1.70 bits per heavy atom. The Hall–Kier alpha value is -5.45. The number of hydrogen-bond acceptors (Lipinski definition) is 8. The number of imide groups is 2. The Balaban J connectivity index is 1.66. The van der Waals surface area contributed by atoms with Crippen molar-refractivity contribution in [2.45, 2.75) is 13.0 Å². The van der Waals surface area contributed by atoms with Gasteiger partial charge in [-0.15, -0.1) is 6.58 Å². The molecule has 0 atom stereocenters. The summed E-state index contributed by atoms with van der Waals surface area (Å²) < 4.78 is 16.7. The van der Waals surface area contributed by atoms with Crippen LogP contribution in [0.25, 0.3) is 6.08 Å². The first-order valence-corrected chi connectivity index (χ1v) is 12.0. The predicted octanol–water partition coefficient (Wildman–Crippen LogP) is 4.59. The smallest absolute Gasteiger partial charge is 0.335 e. The van der Waals surface area contributed by atoms with Gasteiger partial charge < -0.3 is 14.2 Å². The van der Waals surface area contributed by atoms with Gasteiger partial charge in [-0.05, 0) is 72.2 Å². The lowest BCUT2D eigenvalue weighted by atomic mass is 10.0. The topological polar surface area (TPSA) is 137 Å². The Bertz CT molecular complexity index is 1510. The second kappa shape index (κ2) is 11.9. The molecule has 1 N–H and O–H groups in total. The van der Waals surface area contributed by atoms with E-state index in [1.54, 1.807) is 42.5 Å². The minimum Gasteiger partial charge on any atom is -0.497 e. The summed E-state index contributed by atoms with van der Waals surface area (Å²) in [6.07, 6.45) is 3.41. The number of carbonyl (C=O) groups excluding carboxylic acids is 3. The Kier molecular flexibility index (Phi) is 8.24. The fraction of sp³-hybridized carbons (Fsp3) is 0.138. The molecule has 1 heterocycles. The van der Waals surface area contributed by atoms with E-state index in [0.717, 1.165) is 4.90 Å². The Labute approximate surface area is 229 Å². The number of urea groups is 1. The summed E-state index contributed by atoms with van der Waals surface area (Å²) in [6, 6.07) is 14.7. The molecular weight excluding hydrogens is 518 g/mol. The summed E-state index contributed by atoms with van der Waals surface area (Å²) in [5, 5.41) is 13.1. The van der Waals surface area contributed by atoms with E-state index in [-0.39, 0.29) is 23.6 Å². The molecule has 0 bridgehead atoms. The van der Waals surface area contributed by atoms with E-state index in [9.17, 15) is 24.5 Å². The molecule has 11 nitrogen and oxygen atoms in total. The molecule has 1 fully saturated rings. The van der Waals surface area contributed by atoms with Crippen molar-refractivity contribution in [1.29, 1.82) is 0 Å². The number of hydrogen-bond donors (Lipinski definition) is 1. The van der Waals surface area contributed by atoms with Crippen LogP contribution in [0.4, 0.5) is 16.2 Å². The average molecular weight is 544 g/mol. The van der Waals surface area contributed by atoms with Gasteiger partial charge in [0, 0.05) is 17.7 Å². The number of nitrogens with zero attached hydrogens (tertiary/aromatic N) is 2. The maximum absolute atomic E-state index is 13.3. The molecule has 1 saturated heterocycles. The fourth-order valence-electron chi connectivity index (χ4n) is 4.05. The van der Waals surface area contributed by atoms with Crippen LogP contribution in [0.1, 0.15) is 16.7 Å². The maximum atomic E-state index is 13.3. The molecule has 0 unspecified atom stereocenters. The van der Waals surface area contributed by atoms with E-state index >= 15 is 0 Å². The number of rotatable bonds is 10. The van der Waals surface area contributed by atoms with Crippen molar-refractivity contribution < 1.29 is 33.5 Å². The van der Waals surface area contributed by atoms with Crippen molar-refractivity contribution >= 4 is 35.3 Å². The highest BCUT2D eigenvalue weighted by Gasteiger charge is 2.37. The lowest BCUT2D eigenvalue weighted by molar-refractivity contribution is -0.384. The highest BCUT2D eigenvalue weighted by molar-refractivity contribution is 6.39. The third kappa shape index (κ3) is 5.83. The van der Waals surface area contributed by atoms with E-state index in [1.807, 2.05) is 0 Å². The summed E-state index contributed by atoms with van der Waals surface area (Å²) in [6.45, 7) is 3.89. The second-order valence-electron chi connectivity index (χ2n) is 8.57. The maximum Gasteiger partial charge on any atom is 0.335 e. The van der Waals surface area contributed by atoms with Gasteiger partial charge in [0.1, 0.15) is 17.9 Å². The fourth-order valence-corrected chi connectivity index (χ4v) is 4.05. The number of benzene rings is 3. The number of nitro groups is 1. The van der Waals surface area contributed by atoms with Gasteiger partial charge in [0.25, 0.3) is 17.5 Å². The zero-order valence-corrected chi connectivity index (χ0v) is 21.7. The number of allylic oxidation sites excluding steroid dienone is 1. The van der Waals surface area contributed by atoms with Crippen molar-refractivity contribution in [2.24, 2.45) is 0 Å². The zero-order chi connectivity index (χ0) is 28.8. The van der Waals surface area contributed by atoms with Crippen LogP contribution < -0.4 is 24.4 Å². The van der Waals surface area contributed by atoms with E-state index in [0.29, 0.717) is 40.4 Å². The van der Waals surface area contributed by atoms with Crippen LogP contribution in [-0.4, -0.2) is 37.0 Å². The lowest BCUT2D eigenvalue weighted by Gasteiger charge is -2.26. The van der Waals surface area contributed by atoms with Crippen molar-refractivity contribution in [3.05, 3.63) is 106 Å². The molecular formula is C29H25N3O8. The zero-order valence-electron chi connectivity index (χ0n) is 21.7. The average Bonchev–Trinajstić information content (AvgIpc) is 2.95. The van der Waals surface area contributed by atoms with Crippen LogP contribution in [0.15, 0.2) is 78.9 Å². The number of anilines is 1. The molecule has 11 heteroatoms. The molecule has 204 valence electrons. The number of barbiturate groups is 1. The standard InChI is InChI=1S/C29H25N3O8/c1-4-5-20-14-19(16-25(39-3)26(20)40-17-18-6-8-22(9-7-18)32(36)37)15-24-27(33)30-29(35)31(28(24)34)21-10-12-23(38-2)13-11-21/h4,6-16H,1,5,17H2,2-3H3,(H,30,33,35)/b24-15+. The quantitative estimate of drug-likeness (QED) is 0.129. The minimum absolute atomic E-state index is 0.0281. The molecule has 40 heavy (non-hydrogen) atoms. The van der Waals surface area contributed by atoms with Gasteiger partial charge in [0.15, 0.2) is 11.5 Å². The minimum atomic E-state index is -0.864. The van der Waals surface area contributed by atoms with Crippen molar-refractivity contribution in [3.63, 3.8) is 0 Å². The number of ether oxygens (including phenoxy) is 3. The number of nitro benzene ring substituents is 1. The molecule has 0 saturated carbocycles. The summed E-state index contributed by atoms with van der Waals surface area (Å²) in [5.41, 5.74) is 1.81. The molecule has 3 aromatic carbocycles. The van der Waals surface area contributed by atoms with Crippen LogP contribution in [0, 0.1) is 10.1 Å². The molecule has 1 aliphatic rings. The third-order valence-corrected chi connectivity index (χ3v) is 6.01. The highest BCUT2D eigenvalue weighted by Crippen LogP contribution is 2.35. The molecule has 3 aromatic rings. The first-order valence-electron chi connectivity index (χ1n) is 12.0. The number of carbonyl (C=O) groups is 3. The number of nitrogens with one attached hydrogen (secondary N) is 1. The Morgan fingerprint density at radius 1 is 1.00 bits per heavy atom. The predicted molar refractivity (Wildman–Crippen MR) is 146 cm³/mol. The second-order valence-corrected chi connectivity index (χ2v) is 8.57. The molecule has 1 aliphatic heterocycles. The Morgan fingerprint density at radius 3 is 2.30 bits per heavy atom. The third-order valence-electron chi connectivity index (χ3n) is 6.01. The van der Waals surface area contributed by atoms with Gasteiger partial charge in [-0.3, -0.25) is 25.0 Å². The number of amides is 4. The van der Waals surface area contributed by atoms with Gasteiger partial charge in [-0.2, -0.15) is 0 Å². The molecule has 0 radical (unpaired) electrons. The van der Waals surface area contributed by atoms with Gasteiger partial charge >= 0.3 is 6.03 Å². The normalized spacial score (nSPS) is 14.1. The van der Waals surface area contributed by atoms with E-state index in [2.05, 4.69) is 11.9 Å². The first kappa shape index (κ1) is 27.6. The summed E-state index contributed by atoms with van der Waals surface area (Å²) >= 11 is 0. The monoisotopic (exact) mass is 543 g/mol. The molecule has 4 rings (SSSR count). The lowest BCUT2D eigenvalue weighted by Crippen LogP contribution is -2.54. The van der Waals surface area contributed by atoms with E-state index in [4.69, 9.17) is 14.2 Å². The first-order chi connectivity index (χ1) is 19.2. The summed E-state index contributed by atoms with van der Waals surface area (Å²) in [5.74, 6) is -0.334. The van der Waals surface area contributed by atoms with Crippen LogP contribution >= 0.6 is 0 Å². The summed E-state index contributed by atoms with van der Waals surface area (Å²) in [4.78, 5) is 49.8. The molecule has 4 amide bonds. The van der Waals surface area contributed by atoms with Gasteiger partial charge in [0.2, 0.25) is 0 Å². The molecule has 0 spiro atoms. The highest BCUT2D eigenvalue weighted by atomic mass is 16.6. The van der Waals surface area contributed by atoms with E-state index < -0.39 is 22.8 Å². The van der Waals surface area contributed by atoms with Crippen molar-refractivity contribution in [3.8, 4) is 17.2 Å². The van der Waals surface area contributed by atoms with Crippen molar-refractivity contribution in [1.82, 2.24) is 5.32 Å². The SMILES string of the molecule is C=CCc1cc(/C=C2\C(=O)NC(=O)N(c3ccc(OC)cc3)C2=O)cc(OC)c1OCc1ccc([N+](=O)[O-])cc1. The van der Waals surface area contributed by atoms with Crippen molar-refractivity contribution in [2.75, 3.05) is 19.1 Å². The summed E-state index contributed by atoms with van der Waals surface area (Å²) in [7, 11) is 2.94. The molecule has 0 aromatic heterocycles. The van der Waals surface area contributed by atoms with Crippen LogP contribution in [0.5, 0.6) is 17.2 Å². The van der Waals surface area contributed by atoms with Crippen LogP contribution in [0.3, 0.4) is 0 Å². The van der Waals surface area contributed by atoms with Crippen LogP contribution in [-0.2, 0) is 22.6 Å².